The van der Waals surface area contributed by atoms with Gasteiger partial charge in [-0.3, -0.25) is 38.6 Å². The van der Waals surface area contributed by atoms with Crippen molar-refractivity contribution in [3.8, 4) is 64.2 Å². The lowest BCUT2D eigenvalue weighted by atomic mass is 9.98. The minimum absolute atomic E-state index is 0.0229. The van der Waals surface area contributed by atoms with E-state index in [4.69, 9.17) is 116 Å². The number of hydrogen-bond donors (Lipinski definition) is 4. The van der Waals surface area contributed by atoms with Crippen LogP contribution in [0.25, 0.3) is 0 Å². The third-order valence-electron chi connectivity index (χ3n) is 21.3. The third kappa shape index (κ3) is 21.8. The van der Waals surface area contributed by atoms with Crippen molar-refractivity contribution in [3.63, 3.8) is 0 Å². The maximum absolute atomic E-state index is 14.3. The van der Waals surface area contributed by atoms with Gasteiger partial charge in [0, 0.05) is 127 Å². The first-order valence-electron chi connectivity index (χ1n) is 39.1. The fourth-order valence-electron chi connectivity index (χ4n) is 14.7. The van der Waals surface area contributed by atoms with E-state index in [2.05, 4.69) is 17.8 Å². The van der Waals surface area contributed by atoms with E-state index >= 15 is 0 Å². The van der Waals surface area contributed by atoms with Gasteiger partial charge in [-0.1, -0.05) is 130 Å². The second-order valence-corrected chi connectivity index (χ2v) is 33.7. The summed E-state index contributed by atoms with van der Waals surface area (Å²) in [6, 6.07) is 67.7. The molecule has 4 fully saturated rings. The number of amides is 7. The summed E-state index contributed by atoms with van der Waals surface area (Å²) in [7, 11) is -3.81. The van der Waals surface area contributed by atoms with Gasteiger partial charge in [0.05, 0.1) is 46.2 Å². The molecule has 0 bridgehead atoms. The number of nitriles is 3. The number of carbonyl (C=O) groups excluding carboxylic acids is 7. The number of halogens is 9. The first kappa shape index (κ1) is 93.4. The van der Waals surface area contributed by atoms with Gasteiger partial charge >= 0.3 is 0 Å². The van der Waals surface area contributed by atoms with E-state index in [1.165, 1.54) is 30.3 Å². The van der Waals surface area contributed by atoms with Crippen molar-refractivity contribution >= 4 is 156 Å². The average Bonchev–Trinajstić information content (AvgIpc) is 1.63. The van der Waals surface area contributed by atoms with Gasteiger partial charge in [0.2, 0.25) is 51.4 Å². The Morgan fingerprint density at radius 1 is 0.385 bits per heavy atom. The maximum atomic E-state index is 14.3. The summed E-state index contributed by atoms with van der Waals surface area (Å²) in [5.41, 5.74) is 22.7. The molecular formula is C95H69Cl6F3N12O13S. The van der Waals surface area contributed by atoms with E-state index in [9.17, 15) is 65.7 Å². The topological polar surface area (TPSA) is 391 Å². The van der Waals surface area contributed by atoms with Crippen LogP contribution in [-0.4, -0.2) is 82.7 Å². The number of aliphatic imine (C=N–C) groups is 1. The Morgan fingerprint density at radius 3 is 1.03 bits per heavy atom. The minimum atomic E-state index is -3.81. The first-order chi connectivity index (χ1) is 62.2. The van der Waals surface area contributed by atoms with Crippen LogP contribution in [0.5, 0.6) is 46.0 Å². The molecule has 16 rings (SSSR count). The Bertz CT molecular complexity index is 6800. The van der Waals surface area contributed by atoms with Gasteiger partial charge in [-0.2, -0.15) is 15.8 Å². The van der Waals surface area contributed by atoms with E-state index in [1.807, 2.05) is 24.3 Å². The maximum Gasteiger partial charge on any atom is 0.248 e. The molecule has 656 valence electrons. The third-order valence-corrected chi connectivity index (χ3v) is 24.1. The number of hydrogen-bond acceptors (Lipinski definition) is 17. The van der Waals surface area contributed by atoms with Gasteiger partial charge in [-0.05, 0) is 193 Å². The predicted octanol–water partition coefficient (Wildman–Crippen LogP) is 20.2. The van der Waals surface area contributed by atoms with E-state index in [1.54, 1.807) is 202 Å². The van der Waals surface area contributed by atoms with Crippen LogP contribution >= 0.6 is 69.6 Å². The highest BCUT2D eigenvalue weighted by molar-refractivity contribution is 7.89. The molecule has 4 aliphatic heterocycles. The molecule has 0 radical (unpaired) electrons. The van der Waals surface area contributed by atoms with Crippen molar-refractivity contribution in [2.45, 2.75) is 54.3 Å². The molecule has 0 aliphatic carbocycles. The Hall–Kier alpha value is -14.3. The lowest BCUT2D eigenvalue weighted by molar-refractivity contribution is -0.118. The highest BCUT2D eigenvalue weighted by atomic mass is 35.5. The van der Waals surface area contributed by atoms with E-state index in [-0.39, 0.29) is 139 Å². The quantitative estimate of drug-likeness (QED) is 0.0486. The molecule has 12 aromatic carbocycles. The van der Waals surface area contributed by atoms with Crippen LogP contribution in [0.2, 0.25) is 30.1 Å². The number of nitrogens with zero attached hydrogens (tertiary/aromatic N) is 8. The molecule has 7 amide bonds. The van der Waals surface area contributed by atoms with Crippen molar-refractivity contribution in [1.82, 2.24) is 0 Å². The van der Waals surface area contributed by atoms with E-state index < -0.39 is 50.8 Å². The van der Waals surface area contributed by atoms with Crippen LogP contribution in [0.3, 0.4) is 0 Å². The van der Waals surface area contributed by atoms with E-state index in [0.29, 0.717) is 97.2 Å². The molecule has 0 spiro atoms. The number of para-hydroxylation sites is 3. The summed E-state index contributed by atoms with van der Waals surface area (Å²) >= 11 is 37.6. The molecule has 4 heterocycles. The zero-order valence-electron chi connectivity index (χ0n) is 67.7. The molecule has 25 nitrogen and oxygen atoms in total. The molecule has 4 saturated heterocycles. The summed E-state index contributed by atoms with van der Waals surface area (Å²) < 4.78 is 88.2. The Kier molecular flexibility index (Phi) is 29.3. The Morgan fingerprint density at radius 2 is 0.708 bits per heavy atom. The second-order valence-electron chi connectivity index (χ2n) is 29.6. The molecule has 8 N–H and O–H groups in total. The fourth-order valence-corrected chi connectivity index (χ4v) is 16.3. The van der Waals surface area contributed by atoms with Crippen LogP contribution in [0.15, 0.2) is 246 Å². The van der Waals surface area contributed by atoms with Crippen molar-refractivity contribution in [2.24, 2.45) is 27.3 Å². The number of primary sulfonamides is 1. The fraction of sp³-hybridized carbons (Fsp3) is 0.126. The second kappa shape index (κ2) is 40.8. The summed E-state index contributed by atoms with van der Waals surface area (Å²) in [4.78, 5) is 95.3. The Balaban J connectivity index is 0.000000148. The number of sulfonamides is 1. The molecule has 0 unspecified atom stereocenters. The van der Waals surface area contributed by atoms with Gasteiger partial charge in [-0.15, -0.1) is 0 Å². The Labute approximate surface area is 772 Å². The number of anilines is 4. The summed E-state index contributed by atoms with van der Waals surface area (Å²) in [6.45, 7) is 5.01. The number of benzene rings is 12. The zero-order valence-corrected chi connectivity index (χ0v) is 73.0. The molecule has 35 heteroatoms. The monoisotopic (exact) mass is 1880 g/mol. The van der Waals surface area contributed by atoms with Gasteiger partial charge < -0.3 is 55.7 Å². The van der Waals surface area contributed by atoms with Crippen molar-refractivity contribution in [2.75, 3.05) is 45.8 Å². The van der Waals surface area contributed by atoms with E-state index in [0.717, 1.165) is 34.4 Å². The highest BCUT2D eigenvalue weighted by Gasteiger charge is 2.37. The van der Waals surface area contributed by atoms with Crippen molar-refractivity contribution < 1.29 is 74.1 Å². The molecule has 4 atom stereocenters. The lowest BCUT2D eigenvalue weighted by Gasteiger charge is -2.18. The molecule has 4 aliphatic rings. The van der Waals surface area contributed by atoms with Crippen LogP contribution in [-0.2, 0) is 29.2 Å². The summed E-state index contributed by atoms with van der Waals surface area (Å²) in [6.07, 6.45) is 1.02. The van der Waals surface area contributed by atoms with Gasteiger partial charge in [-0.25, -0.2) is 26.7 Å². The molecule has 130 heavy (non-hydrogen) atoms. The standard InChI is InChI=1S/C24H17Cl2N3O3.C24H16ClF2N3O3.C24H19ClFN3O3.C23H17Cl2N3O4S/c25-19-8-7-14(10-21(19)32-23-16(12-27)4-2-6-20(23)26)17-11-22(30)29(13-17)18-5-1-3-15(9-18)24(28)31;25-19-5-4-13(7-22(19)33-17-9-20(26)18(11-28)21(27)10-17)15-8-23(31)30(12-15)16-3-1-2-14(6-16)24(29)32;1-28-20-7-3-6-19(26)23(20)32-21-11-14(8-9-18(21)25)16-12-22(30)29(13-16)17-5-2-4-15(10-17)24(27)31;24-19-9-4-14(10-21(19)32-23-15(12-26)2-1-3-20(23)25)16-11-22(29)28(13-16)17-5-7-18(8-6-17)33(27,30)31/h1-10,17H,11,13H2,(H2,28,31);1-7,9-10,15H,8,12H2,(H2,29,32);2-11,16H,1,12-13H2,(H2,27,31);1-10,16H,11,13H2,(H2,27,30,31)/t17-;15-;2*16-/m0000/s1. The summed E-state index contributed by atoms with van der Waals surface area (Å²) in [5.74, 6) is -4.08. The summed E-state index contributed by atoms with van der Waals surface area (Å²) in [5, 5.41) is 34.4. The number of carbonyl (C=O) groups is 7. The van der Waals surface area contributed by atoms with Crippen LogP contribution in [0.1, 0.15) is 119 Å². The molecule has 0 saturated carbocycles. The number of primary amides is 3. The van der Waals surface area contributed by atoms with Crippen LogP contribution in [0, 0.1) is 51.4 Å². The predicted molar refractivity (Wildman–Crippen MR) is 487 cm³/mol. The number of rotatable bonds is 21. The molecular weight excluding hydrogens is 1820 g/mol. The first-order valence-corrected chi connectivity index (χ1v) is 42.9. The van der Waals surface area contributed by atoms with Gasteiger partial charge in [0.15, 0.2) is 23.1 Å². The SMILES string of the molecule is C=Nc1cccc(F)c1Oc1cc([C@H]2CC(=O)N(c3cccc(C(N)=O)c3)C2)ccc1Cl.N#Cc1c(F)cc(Oc2cc([C@H]3CC(=O)N(c4cccc(C(N)=O)c4)C3)ccc2Cl)cc1F.N#Cc1cccc(Cl)c1Oc1cc([C@H]2CC(=O)N(c3ccc(S(N)(=O)=O)cc3)C2)ccc1Cl.N#Cc1cccc(Cl)c1Oc1cc([C@H]2CC(=O)N(c3cccc(C(N)=O)c3)C2)ccc1Cl. The molecule has 12 aromatic rings. The van der Waals surface area contributed by atoms with Crippen molar-refractivity contribution in [1.29, 1.82) is 15.8 Å². The van der Waals surface area contributed by atoms with Crippen LogP contribution in [0.4, 0.5) is 41.6 Å². The highest BCUT2D eigenvalue weighted by Crippen LogP contribution is 2.46. The minimum Gasteiger partial charge on any atom is -0.456 e. The number of ether oxygens (including phenoxy) is 4. The number of nitrogens with two attached hydrogens (primary N) is 4. The van der Waals surface area contributed by atoms with Crippen molar-refractivity contribution in [3.05, 3.63) is 340 Å². The smallest absolute Gasteiger partial charge is 0.248 e. The van der Waals surface area contributed by atoms with Crippen LogP contribution < -0.4 is 60.9 Å². The normalized spacial score (nSPS) is 15.6. The molecule has 0 aromatic heterocycles. The average molecular weight is 1890 g/mol. The van der Waals surface area contributed by atoms with Gasteiger partial charge in [0.1, 0.15) is 69.8 Å². The lowest BCUT2D eigenvalue weighted by Crippen LogP contribution is -2.24. The van der Waals surface area contributed by atoms with Gasteiger partial charge in [0.25, 0.3) is 0 Å². The zero-order chi connectivity index (χ0) is 93.1. The largest absolute Gasteiger partial charge is 0.456 e.